The highest BCUT2D eigenvalue weighted by molar-refractivity contribution is 7.98. The van der Waals surface area contributed by atoms with E-state index in [1.54, 1.807) is 0 Å². The fourth-order valence-electron chi connectivity index (χ4n) is 0.274. The van der Waals surface area contributed by atoms with E-state index in [0.29, 0.717) is 0 Å². The van der Waals surface area contributed by atoms with E-state index in [-0.39, 0.29) is 0 Å². The Hall–Kier alpha value is 0.310. The van der Waals surface area contributed by atoms with Crippen LogP contribution in [0, 0.1) is 0 Å². The Morgan fingerprint density at radius 1 is 1.22 bits per heavy atom. The van der Waals surface area contributed by atoms with Crippen LogP contribution in [-0.2, 0) is 0 Å². The monoisotopic (exact) mass is 149 g/mol. The second-order valence-corrected chi connectivity index (χ2v) is 2.78. The summed E-state index contributed by atoms with van der Waals surface area (Å²) in [4.78, 5) is 2.19. The predicted octanol–water partition coefficient (Wildman–Crippen LogP) is 1.94. The molecule has 0 saturated carbocycles. The first kappa shape index (κ1) is 12.0. The van der Waals surface area contributed by atoms with Gasteiger partial charge in [-0.05, 0) is 20.4 Å². The van der Waals surface area contributed by atoms with Gasteiger partial charge in [0.05, 0.1) is 0 Å². The Morgan fingerprint density at radius 2 is 1.67 bits per heavy atom. The van der Waals surface area contributed by atoms with Crippen molar-refractivity contribution in [2.24, 2.45) is 0 Å². The third-order valence-electron chi connectivity index (χ3n) is 0.743. The maximum absolute atomic E-state index is 2.19. The molecule has 58 valence electrons. The standard InChI is InChI=1S/C5H13NS.C2H6/c1-6(2)4-5-7-3;1-2/h4-5H2,1-3H3;1-2H3. The lowest BCUT2D eigenvalue weighted by Gasteiger charge is -2.05. The molecule has 0 spiro atoms. The smallest absolute Gasteiger partial charge is 0.00661 e. The van der Waals surface area contributed by atoms with E-state index in [0.717, 1.165) is 0 Å². The van der Waals surface area contributed by atoms with Gasteiger partial charge < -0.3 is 4.90 Å². The quantitative estimate of drug-likeness (QED) is 0.603. The Labute approximate surface area is 63.8 Å². The summed E-state index contributed by atoms with van der Waals surface area (Å²) in [5, 5.41) is 0. The van der Waals surface area contributed by atoms with Crippen LogP contribution in [0.3, 0.4) is 0 Å². The fraction of sp³-hybridized carbons (Fsp3) is 1.00. The van der Waals surface area contributed by atoms with Crippen LogP contribution in [-0.4, -0.2) is 37.5 Å². The van der Waals surface area contributed by atoms with Gasteiger partial charge in [-0.3, -0.25) is 0 Å². The van der Waals surface area contributed by atoms with E-state index in [1.165, 1.54) is 12.3 Å². The highest BCUT2D eigenvalue weighted by Gasteiger charge is 1.83. The van der Waals surface area contributed by atoms with Gasteiger partial charge in [0.25, 0.3) is 0 Å². The van der Waals surface area contributed by atoms with Crippen molar-refractivity contribution >= 4 is 11.8 Å². The molecule has 0 aromatic carbocycles. The van der Waals surface area contributed by atoms with Gasteiger partial charge in [-0.15, -0.1) is 0 Å². The first-order valence-corrected chi connectivity index (χ1v) is 4.80. The second kappa shape index (κ2) is 11.2. The van der Waals surface area contributed by atoms with Crippen molar-refractivity contribution in [1.29, 1.82) is 0 Å². The van der Waals surface area contributed by atoms with Crippen LogP contribution in [0.5, 0.6) is 0 Å². The normalized spacial score (nSPS) is 8.67. The van der Waals surface area contributed by atoms with Gasteiger partial charge in [0.15, 0.2) is 0 Å². The summed E-state index contributed by atoms with van der Waals surface area (Å²) in [6, 6.07) is 0. The molecule has 1 nitrogen and oxygen atoms in total. The average Bonchev–Trinajstić information content (AvgIpc) is 1.88. The maximum atomic E-state index is 2.19. The highest BCUT2D eigenvalue weighted by Crippen LogP contribution is 1.89. The molecule has 0 fully saturated rings. The molecule has 0 N–H and O–H groups in total. The molecule has 0 aliphatic carbocycles. The molecule has 0 heterocycles. The van der Waals surface area contributed by atoms with E-state index in [4.69, 9.17) is 0 Å². The molecule has 0 rings (SSSR count). The lowest BCUT2D eigenvalue weighted by molar-refractivity contribution is 0.437. The number of rotatable bonds is 3. The van der Waals surface area contributed by atoms with Crippen LogP contribution in [0.15, 0.2) is 0 Å². The van der Waals surface area contributed by atoms with Crippen LogP contribution in [0.1, 0.15) is 13.8 Å². The van der Waals surface area contributed by atoms with E-state index in [9.17, 15) is 0 Å². The highest BCUT2D eigenvalue weighted by atomic mass is 32.2. The van der Waals surface area contributed by atoms with Crippen LogP contribution >= 0.6 is 11.8 Å². The average molecular weight is 149 g/mol. The van der Waals surface area contributed by atoms with Crippen molar-refractivity contribution in [3.05, 3.63) is 0 Å². The maximum Gasteiger partial charge on any atom is 0.00661 e. The fourth-order valence-corrected chi connectivity index (χ4v) is 0.822. The van der Waals surface area contributed by atoms with Crippen molar-refractivity contribution in [3.8, 4) is 0 Å². The lowest BCUT2D eigenvalue weighted by Crippen LogP contribution is -2.14. The number of thioether (sulfide) groups is 1. The molecule has 2 heteroatoms. The first-order chi connectivity index (χ1) is 4.27. The number of hydrogen-bond donors (Lipinski definition) is 0. The van der Waals surface area contributed by atoms with Gasteiger partial charge in [-0.2, -0.15) is 11.8 Å². The Bertz CT molecular complexity index is 37.9. The molecule has 0 atom stereocenters. The Kier molecular flexibility index (Phi) is 14.9. The van der Waals surface area contributed by atoms with Crippen molar-refractivity contribution in [1.82, 2.24) is 4.90 Å². The second-order valence-electron chi connectivity index (χ2n) is 1.80. The molecule has 0 aromatic heterocycles. The van der Waals surface area contributed by atoms with Crippen LogP contribution in [0.4, 0.5) is 0 Å². The van der Waals surface area contributed by atoms with E-state index in [1.807, 2.05) is 25.6 Å². The van der Waals surface area contributed by atoms with E-state index in [2.05, 4.69) is 25.3 Å². The van der Waals surface area contributed by atoms with Gasteiger partial charge in [0, 0.05) is 12.3 Å². The Balaban J connectivity index is 0. The molecule has 0 unspecified atom stereocenters. The molecule has 9 heavy (non-hydrogen) atoms. The molecule has 0 saturated heterocycles. The van der Waals surface area contributed by atoms with Gasteiger partial charge >= 0.3 is 0 Å². The zero-order chi connectivity index (χ0) is 7.70. The van der Waals surface area contributed by atoms with Gasteiger partial charge in [-0.1, -0.05) is 13.8 Å². The number of nitrogens with zero attached hydrogens (tertiary/aromatic N) is 1. The van der Waals surface area contributed by atoms with Crippen LogP contribution in [0.25, 0.3) is 0 Å². The molecule has 0 radical (unpaired) electrons. The largest absolute Gasteiger partial charge is 0.309 e. The topological polar surface area (TPSA) is 3.24 Å². The lowest BCUT2D eigenvalue weighted by atomic mass is 10.7. The van der Waals surface area contributed by atoms with Gasteiger partial charge in [0.1, 0.15) is 0 Å². The molecular formula is C7H19NS. The summed E-state index contributed by atoms with van der Waals surface area (Å²) in [6.07, 6.45) is 2.13. The molecule has 0 amide bonds. The molecule has 0 aliphatic heterocycles. The zero-order valence-electron chi connectivity index (χ0n) is 7.27. The first-order valence-electron chi connectivity index (χ1n) is 3.41. The van der Waals surface area contributed by atoms with Crippen molar-refractivity contribution in [3.63, 3.8) is 0 Å². The minimum Gasteiger partial charge on any atom is -0.309 e. The van der Waals surface area contributed by atoms with Crippen molar-refractivity contribution < 1.29 is 0 Å². The van der Waals surface area contributed by atoms with Crippen LogP contribution < -0.4 is 0 Å². The van der Waals surface area contributed by atoms with Gasteiger partial charge in [0.2, 0.25) is 0 Å². The third kappa shape index (κ3) is 17.8. The third-order valence-corrected chi connectivity index (χ3v) is 1.33. The summed E-state index contributed by atoms with van der Waals surface area (Å²) >= 11 is 1.89. The van der Waals surface area contributed by atoms with Crippen molar-refractivity contribution in [2.45, 2.75) is 13.8 Å². The Morgan fingerprint density at radius 3 is 1.78 bits per heavy atom. The minimum absolute atomic E-state index is 1.20. The van der Waals surface area contributed by atoms with E-state index < -0.39 is 0 Å². The number of hydrogen-bond acceptors (Lipinski definition) is 2. The summed E-state index contributed by atoms with van der Waals surface area (Å²) < 4.78 is 0. The van der Waals surface area contributed by atoms with Crippen LogP contribution in [0.2, 0.25) is 0 Å². The minimum atomic E-state index is 1.20. The van der Waals surface area contributed by atoms with Crippen molar-refractivity contribution in [2.75, 3.05) is 32.6 Å². The molecular weight excluding hydrogens is 130 g/mol. The SMILES string of the molecule is CC.CSCCN(C)C. The molecule has 0 bridgehead atoms. The summed E-state index contributed by atoms with van der Waals surface area (Å²) in [5.74, 6) is 1.24. The molecule has 0 aromatic rings. The van der Waals surface area contributed by atoms with Gasteiger partial charge in [-0.25, -0.2) is 0 Å². The molecule has 0 aliphatic rings. The summed E-state index contributed by atoms with van der Waals surface area (Å²) in [5.41, 5.74) is 0. The van der Waals surface area contributed by atoms with E-state index >= 15 is 0 Å². The summed E-state index contributed by atoms with van der Waals surface area (Å²) in [6.45, 7) is 5.20. The summed E-state index contributed by atoms with van der Waals surface area (Å²) in [7, 11) is 4.19. The predicted molar refractivity (Wildman–Crippen MR) is 48.3 cm³/mol. The zero-order valence-corrected chi connectivity index (χ0v) is 8.09.